The van der Waals surface area contributed by atoms with E-state index in [1.165, 1.54) is 18.1 Å². The van der Waals surface area contributed by atoms with Gasteiger partial charge in [-0.2, -0.15) is 0 Å². The van der Waals surface area contributed by atoms with Gasteiger partial charge in [0.15, 0.2) is 5.75 Å². The van der Waals surface area contributed by atoms with E-state index < -0.39 is 0 Å². The monoisotopic (exact) mass is 474 g/mol. The molecule has 1 aliphatic heterocycles. The standard InChI is InChI=1S/C28H31FN4O2/c29-12-1-13-31-26(18-27-28(34)19-30-21-32-27)25-10-8-23(9-11-25)3-2-22-4-6-24(7-5-22)20-33-14-16-35-17-15-33/h4-11,19,21,26,31,34H,1,12-18,20H2. The van der Waals surface area contributed by atoms with Crippen molar-refractivity contribution in [3.8, 4) is 17.6 Å². The molecule has 4 rings (SSSR count). The Hall–Kier alpha value is -3.31. The molecule has 1 unspecified atom stereocenters. The lowest BCUT2D eigenvalue weighted by Gasteiger charge is -2.26. The van der Waals surface area contributed by atoms with Crippen LogP contribution in [0.25, 0.3) is 0 Å². The number of aromatic nitrogens is 2. The van der Waals surface area contributed by atoms with Gasteiger partial charge in [0.2, 0.25) is 0 Å². The second-order valence-corrected chi connectivity index (χ2v) is 8.57. The topological polar surface area (TPSA) is 70.5 Å². The van der Waals surface area contributed by atoms with E-state index in [1.54, 1.807) is 0 Å². The summed E-state index contributed by atoms with van der Waals surface area (Å²) in [4.78, 5) is 10.4. The molecule has 35 heavy (non-hydrogen) atoms. The summed E-state index contributed by atoms with van der Waals surface area (Å²) >= 11 is 0. The summed E-state index contributed by atoms with van der Waals surface area (Å²) < 4.78 is 18.0. The molecular formula is C28H31FN4O2. The number of nitrogens with one attached hydrogen (secondary N) is 1. The van der Waals surface area contributed by atoms with Crippen molar-refractivity contribution in [1.82, 2.24) is 20.2 Å². The van der Waals surface area contributed by atoms with Crippen LogP contribution in [0.15, 0.2) is 61.1 Å². The zero-order valence-electron chi connectivity index (χ0n) is 19.8. The third kappa shape index (κ3) is 7.59. The number of hydrogen-bond acceptors (Lipinski definition) is 6. The molecule has 7 heteroatoms. The largest absolute Gasteiger partial charge is 0.504 e. The quantitative estimate of drug-likeness (QED) is 0.365. The number of halogens is 1. The highest BCUT2D eigenvalue weighted by atomic mass is 19.1. The highest BCUT2D eigenvalue weighted by Crippen LogP contribution is 2.22. The lowest BCUT2D eigenvalue weighted by molar-refractivity contribution is 0.0342. The molecule has 1 saturated heterocycles. The van der Waals surface area contributed by atoms with Crippen LogP contribution in [0, 0.1) is 11.8 Å². The molecule has 3 aromatic rings. The third-order valence-electron chi connectivity index (χ3n) is 6.00. The smallest absolute Gasteiger partial charge is 0.155 e. The summed E-state index contributed by atoms with van der Waals surface area (Å²) in [5.74, 6) is 6.53. The minimum absolute atomic E-state index is 0.0586. The molecule has 2 heterocycles. The van der Waals surface area contributed by atoms with E-state index in [9.17, 15) is 9.50 Å². The van der Waals surface area contributed by atoms with Crippen LogP contribution in [0.1, 0.15) is 40.4 Å². The number of aromatic hydroxyl groups is 1. The van der Waals surface area contributed by atoms with Crippen molar-refractivity contribution in [3.05, 3.63) is 89.0 Å². The molecule has 1 fully saturated rings. The van der Waals surface area contributed by atoms with E-state index in [0.29, 0.717) is 25.1 Å². The summed E-state index contributed by atoms with van der Waals surface area (Å²) in [6.07, 6.45) is 3.71. The number of nitrogens with zero attached hydrogens (tertiary/aromatic N) is 3. The number of rotatable bonds is 9. The van der Waals surface area contributed by atoms with Gasteiger partial charge in [-0.1, -0.05) is 36.1 Å². The Morgan fingerprint density at radius 2 is 1.71 bits per heavy atom. The second-order valence-electron chi connectivity index (χ2n) is 8.57. The van der Waals surface area contributed by atoms with Gasteiger partial charge in [-0.15, -0.1) is 0 Å². The van der Waals surface area contributed by atoms with Crippen molar-refractivity contribution < 1.29 is 14.2 Å². The first-order chi connectivity index (χ1) is 17.2. The van der Waals surface area contributed by atoms with Crippen LogP contribution in [-0.4, -0.2) is 59.5 Å². The van der Waals surface area contributed by atoms with Crippen molar-refractivity contribution >= 4 is 0 Å². The first-order valence-electron chi connectivity index (χ1n) is 12.0. The van der Waals surface area contributed by atoms with Crippen molar-refractivity contribution in [3.63, 3.8) is 0 Å². The van der Waals surface area contributed by atoms with Crippen LogP contribution < -0.4 is 5.32 Å². The van der Waals surface area contributed by atoms with Crippen molar-refractivity contribution in [2.75, 3.05) is 39.5 Å². The van der Waals surface area contributed by atoms with Crippen LogP contribution >= 0.6 is 0 Å². The lowest BCUT2D eigenvalue weighted by atomic mass is 10.00. The van der Waals surface area contributed by atoms with Gasteiger partial charge in [0, 0.05) is 43.2 Å². The number of hydrogen-bond donors (Lipinski definition) is 2. The minimum Gasteiger partial charge on any atom is -0.504 e. The van der Waals surface area contributed by atoms with Gasteiger partial charge >= 0.3 is 0 Å². The average Bonchev–Trinajstić information content (AvgIpc) is 2.90. The number of morpholine rings is 1. The highest BCUT2D eigenvalue weighted by Gasteiger charge is 2.15. The molecule has 6 nitrogen and oxygen atoms in total. The first-order valence-corrected chi connectivity index (χ1v) is 12.0. The Morgan fingerprint density at radius 3 is 2.37 bits per heavy atom. The molecule has 182 valence electrons. The first kappa shape index (κ1) is 24.8. The van der Waals surface area contributed by atoms with Gasteiger partial charge in [-0.25, -0.2) is 9.97 Å². The highest BCUT2D eigenvalue weighted by molar-refractivity contribution is 5.44. The summed E-state index contributed by atoms with van der Waals surface area (Å²) in [7, 11) is 0. The van der Waals surface area contributed by atoms with E-state index in [-0.39, 0.29) is 18.5 Å². The molecule has 0 radical (unpaired) electrons. The molecule has 0 bridgehead atoms. The normalized spacial score (nSPS) is 14.8. The fourth-order valence-electron chi connectivity index (χ4n) is 4.00. The van der Waals surface area contributed by atoms with Crippen LogP contribution in [0.3, 0.4) is 0 Å². The Labute approximate surface area is 206 Å². The predicted octanol–water partition coefficient (Wildman–Crippen LogP) is 3.65. The molecule has 1 aromatic heterocycles. The average molecular weight is 475 g/mol. The fraction of sp³-hybridized carbons (Fsp3) is 0.357. The molecule has 0 spiro atoms. The maximum atomic E-state index is 12.6. The molecule has 1 atom stereocenters. The number of alkyl halides is 1. The molecule has 2 N–H and O–H groups in total. The Kier molecular flexibility index (Phi) is 9.18. The zero-order valence-corrected chi connectivity index (χ0v) is 19.8. The van der Waals surface area contributed by atoms with Gasteiger partial charge < -0.3 is 15.2 Å². The van der Waals surface area contributed by atoms with Gasteiger partial charge in [0.05, 0.1) is 31.8 Å². The van der Waals surface area contributed by atoms with E-state index in [0.717, 1.165) is 49.5 Å². The van der Waals surface area contributed by atoms with Gasteiger partial charge in [0.25, 0.3) is 0 Å². The summed E-state index contributed by atoms with van der Waals surface area (Å²) in [5, 5.41) is 13.4. The van der Waals surface area contributed by atoms with Crippen LogP contribution in [-0.2, 0) is 17.7 Å². The number of benzene rings is 2. The molecule has 1 aliphatic rings. The van der Waals surface area contributed by atoms with E-state index in [2.05, 4.69) is 56.3 Å². The second kappa shape index (κ2) is 13.0. The zero-order chi connectivity index (χ0) is 24.3. The van der Waals surface area contributed by atoms with E-state index in [1.807, 2.05) is 24.3 Å². The van der Waals surface area contributed by atoms with Crippen molar-refractivity contribution in [2.45, 2.75) is 25.4 Å². The van der Waals surface area contributed by atoms with Gasteiger partial charge in [-0.05, 0) is 48.4 Å². The van der Waals surface area contributed by atoms with Gasteiger partial charge in [-0.3, -0.25) is 9.29 Å². The maximum Gasteiger partial charge on any atom is 0.155 e. The van der Waals surface area contributed by atoms with E-state index >= 15 is 0 Å². The molecule has 0 amide bonds. The summed E-state index contributed by atoms with van der Waals surface area (Å²) in [5.41, 5.74) is 4.75. The fourth-order valence-corrected chi connectivity index (χ4v) is 4.00. The molecular weight excluding hydrogens is 443 g/mol. The Morgan fingerprint density at radius 1 is 1.03 bits per heavy atom. The third-order valence-corrected chi connectivity index (χ3v) is 6.00. The SMILES string of the molecule is Oc1cncnc1CC(NCCCF)c1ccc(C#Cc2ccc(CN3CCOCC3)cc2)cc1. The van der Waals surface area contributed by atoms with Crippen molar-refractivity contribution in [1.29, 1.82) is 0 Å². The van der Waals surface area contributed by atoms with Crippen LogP contribution in [0.5, 0.6) is 5.75 Å². The maximum absolute atomic E-state index is 12.6. The summed E-state index contributed by atoms with van der Waals surface area (Å²) in [6.45, 7) is 4.66. The Bertz CT molecular complexity index is 1120. The number of ether oxygens (including phenoxy) is 1. The lowest BCUT2D eigenvalue weighted by Crippen LogP contribution is -2.35. The molecule has 0 saturated carbocycles. The van der Waals surface area contributed by atoms with Gasteiger partial charge in [0.1, 0.15) is 6.33 Å². The van der Waals surface area contributed by atoms with Crippen LogP contribution in [0.4, 0.5) is 4.39 Å². The summed E-state index contributed by atoms with van der Waals surface area (Å²) in [6, 6.07) is 16.3. The Balaban J connectivity index is 1.40. The van der Waals surface area contributed by atoms with Crippen molar-refractivity contribution in [2.24, 2.45) is 0 Å². The van der Waals surface area contributed by atoms with Crippen LogP contribution in [0.2, 0.25) is 0 Å². The van der Waals surface area contributed by atoms with E-state index in [4.69, 9.17) is 4.74 Å². The molecule has 0 aliphatic carbocycles. The molecule has 2 aromatic carbocycles. The minimum atomic E-state index is -0.374. The predicted molar refractivity (Wildman–Crippen MR) is 134 cm³/mol.